The van der Waals surface area contributed by atoms with Crippen molar-refractivity contribution in [3.05, 3.63) is 28.2 Å². The minimum Gasteiger partial charge on any atom is -0.385 e. The standard InChI is InChI=1S/C11H16BrNO3S/c1-9-4-5-10(12)8-11(9)17(14,15)13-6-3-7-16-2/h4-5,8,13H,3,6-7H2,1-2H3. The van der Waals surface area contributed by atoms with Crippen LogP contribution in [0.3, 0.4) is 0 Å². The molecule has 1 rings (SSSR count). The first-order valence-electron chi connectivity index (χ1n) is 5.22. The van der Waals surface area contributed by atoms with Crippen LogP contribution in [0.5, 0.6) is 0 Å². The number of aryl methyl sites for hydroxylation is 1. The summed E-state index contributed by atoms with van der Waals surface area (Å²) in [7, 11) is -1.84. The van der Waals surface area contributed by atoms with Crippen molar-refractivity contribution in [2.75, 3.05) is 20.3 Å². The fourth-order valence-corrected chi connectivity index (χ4v) is 3.22. The highest BCUT2D eigenvalue weighted by atomic mass is 79.9. The summed E-state index contributed by atoms with van der Waals surface area (Å²) in [5.74, 6) is 0. The van der Waals surface area contributed by atoms with Crippen LogP contribution in [-0.4, -0.2) is 28.7 Å². The van der Waals surface area contributed by atoms with Gasteiger partial charge >= 0.3 is 0 Å². The van der Waals surface area contributed by atoms with Crippen LogP contribution in [0, 0.1) is 6.92 Å². The summed E-state index contributed by atoms with van der Waals surface area (Å²) < 4.78 is 32.2. The number of ether oxygens (including phenoxy) is 1. The molecule has 1 aromatic rings. The average molecular weight is 322 g/mol. The van der Waals surface area contributed by atoms with Gasteiger partial charge in [-0.25, -0.2) is 13.1 Å². The molecule has 0 spiro atoms. The molecule has 0 radical (unpaired) electrons. The maximum Gasteiger partial charge on any atom is 0.240 e. The van der Waals surface area contributed by atoms with E-state index < -0.39 is 10.0 Å². The third-order valence-corrected chi connectivity index (χ3v) is 4.35. The third kappa shape index (κ3) is 4.39. The molecule has 96 valence electrons. The van der Waals surface area contributed by atoms with Gasteiger partial charge in [0, 0.05) is 24.7 Å². The Balaban J connectivity index is 2.79. The quantitative estimate of drug-likeness (QED) is 0.816. The van der Waals surface area contributed by atoms with Gasteiger partial charge in [-0.15, -0.1) is 0 Å². The number of hydrogen-bond donors (Lipinski definition) is 1. The van der Waals surface area contributed by atoms with Crippen molar-refractivity contribution < 1.29 is 13.2 Å². The molecule has 17 heavy (non-hydrogen) atoms. The van der Waals surface area contributed by atoms with E-state index in [1.54, 1.807) is 26.2 Å². The van der Waals surface area contributed by atoms with Gasteiger partial charge in [0.15, 0.2) is 0 Å². The summed E-state index contributed by atoms with van der Waals surface area (Å²) in [5, 5.41) is 0. The highest BCUT2D eigenvalue weighted by molar-refractivity contribution is 9.10. The lowest BCUT2D eigenvalue weighted by Gasteiger charge is -2.09. The van der Waals surface area contributed by atoms with E-state index in [0.717, 1.165) is 10.0 Å². The normalized spacial score (nSPS) is 11.7. The van der Waals surface area contributed by atoms with Gasteiger partial charge in [-0.2, -0.15) is 0 Å². The van der Waals surface area contributed by atoms with E-state index in [4.69, 9.17) is 4.74 Å². The van der Waals surface area contributed by atoms with Gasteiger partial charge in [0.25, 0.3) is 0 Å². The lowest BCUT2D eigenvalue weighted by Crippen LogP contribution is -2.26. The number of sulfonamides is 1. The molecule has 0 aliphatic rings. The van der Waals surface area contributed by atoms with Crippen molar-refractivity contribution in [3.63, 3.8) is 0 Å². The van der Waals surface area contributed by atoms with E-state index in [0.29, 0.717) is 24.5 Å². The molecule has 0 aliphatic heterocycles. The largest absolute Gasteiger partial charge is 0.385 e. The fourth-order valence-electron chi connectivity index (χ4n) is 1.36. The number of rotatable bonds is 6. The number of hydrogen-bond acceptors (Lipinski definition) is 3. The Bertz CT molecular complexity index is 474. The second kappa shape index (κ2) is 6.49. The summed E-state index contributed by atoms with van der Waals surface area (Å²) in [6, 6.07) is 5.20. The molecule has 0 heterocycles. The molecule has 0 aromatic heterocycles. The van der Waals surface area contributed by atoms with E-state index >= 15 is 0 Å². The van der Waals surface area contributed by atoms with E-state index in [1.165, 1.54) is 0 Å². The molecule has 0 saturated carbocycles. The van der Waals surface area contributed by atoms with E-state index in [2.05, 4.69) is 20.7 Å². The van der Waals surface area contributed by atoms with Crippen molar-refractivity contribution in [1.29, 1.82) is 0 Å². The van der Waals surface area contributed by atoms with Gasteiger partial charge in [-0.05, 0) is 31.0 Å². The molecule has 4 nitrogen and oxygen atoms in total. The second-order valence-electron chi connectivity index (χ2n) is 3.65. The molecule has 0 aliphatic carbocycles. The summed E-state index contributed by atoms with van der Waals surface area (Å²) in [5.41, 5.74) is 0.729. The van der Waals surface area contributed by atoms with Gasteiger partial charge in [0.2, 0.25) is 10.0 Å². The maximum absolute atomic E-state index is 12.0. The predicted octanol–water partition coefficient (Wildman–Crippen LogP) is 2.07. The maximum atomic E-state index is 12.0. The Labute approximate surface area is 111 Å². The first-order valence-corrected chi connectivity index (χ1v) is 7.50. The molecular weight excluding hydrogens is 306 g/mol. The molecule has 0 unspecified atom stereocenters. The van der Waals surface area contributed by atoms with Crippen molar-refractivity contribution in [2.24, 2.45) is 0 Å². The molecule has 0 saturated heterocycles. The van der Waals surface area contributed by atoms with Gasteiger partial charge in [-0.3, -0.25) is 0 Å². The Morgan fingerprint density at radius 1 is 1.41 bits per heavy atom. The minimum atomic E-state index is -3.43. The summed E-state index contributed by atoms with van der Waals surface area (Å²) in [6.45, 7) is 2.69. The van der Waals surface area contributed by atoms with Gasteiger partial charge in [0.05, 0.1) is 4.90 Å². The highest BCUT2D eigenvalue weighted by Gasteiger charge is 2.16. The second-order valence-corrected chi connectivity index (χ2v) is 6.30. The van der Waals surface area contributed by atoms with Crippen molar-refractivity contribution in [2.45, 2.75) is 18.2 Å². The molecule has 6 heteroatoms. The Morgan fingerprint density at radius 2 is 2.12 bits per heavy atom. The summed E-state index contributed by atoms with van der Waals surface area (Å²) in [4.78, 5) is 0.310. The molecule has 1 N–H and O–H groups in total. The molecule has 0 atom stereocenters. The van der Waals surface area contributed by atoms with Crippen LogP contribution in [0.4, 0.5) is 0 Å². The Hall–Kier alpha value is -0.430. The van der Waals surface area contributed by atoms with Gasteiger partial charge in [0.1, 0.15) is 0 Å². The average Bonchev–Trinajstić information content (AvgIpc) is 2.28. The van der Waals surface area contributed by atoms with Crippen LogP contribution < -0.4 is 4.72 Å². The third-order valence-electron chi connectivity index (χ3n) is 2.26. The first-order chi connectivity index (χ1) is 7.97. The molecule has 0 bridgehead atoms. The zero-order valence-electron chi connectivity index (χ0n) is 9.86. The number of benzene rings is 1. The number of nitrogens with one attached hydrogen (secondary N) is 1. The molecule has 1 aromatic carbocycles. The van der Waals surface area contributed by atoms with E-state index in [1.807, 2.05) is 6.07 Å². The lowest BCUT2D eigenvalue weighted by atomic mass is 10.2. The monoisotopic (exact) mass is 321 g/mol. The zero-order valence-corrected chi connectivity index (χ0v) is 12.3. The number of methoxy groups -OCH3 is 1. The summed E-state index contributed by atoms with van der Waals surface area (Å²) >= 11 is 3.27. The van der Waals surface area contributed by atoms with Crippen molar-refractivity contribution in [3.8, 4) is 0 Å². The smallest absolute Gasteiger partial charge is 0.240 e. The van der Waals surface area contributed by atoms with Crippen LogP contribution in [0.15, 0.2) is 27.6 Å². The number of halogens is 1. The van der Waals surface area contributed by atoms with Crippen molar-refractivity contribution in [1.82, 2.24) is 4.72 Å². The fraction of sp³-hybridized carbons (Fsp3) is 0.455. The van der Waals surface area contributed by atoms with Crippen molar-refractivity contribution >= 4 is 26.0 Å². The Kier molecular flexibility index (Phi) is 5.58. The van der Waals surface area contributed by atoms with Crippen LogP contribution >= 0.6 is 15.9 Å². The SMILES string of the molecule is COCCCNS(=O)(=O)c1cc(Br)ccc1C. The first kappa shape index (κ1) is 14.6. The topological polar surface area (TPSA) is 55.4 Å². The van der Waals surface area contributed by atoms with Crippen LogP contribution in [-0.2, 0) is 14.8 Å². The molecule has 0 amide bonds. The van der Waals surface area contributed by atoms with E-state index in [9.17, 15) is 8.42 Å². The lowest BCUT2D eigenvalue weighted by molar-refractivity contribution is 0.196. The summed E-state index contributed by atoms with van der Waals surface area (Å²) in [6.07, 6.45) is 0.656. The zero-order chi connectivity index (χ0) is 12.9. The molecular formula is C11H16BrNO3S. The van der Waals surface area contributed by atoms with Gasteiger partial charge < -0.3 is 4.74 Å². The van der Waals surface area contributed by atoms with Crippen LogP contribution in [0.25, 0.3) is 0 Å². The molecule has 0 fully saturated rings. The van der Waals surface area contributed by atoms with E-state index in [-0.39, 0.29) is 0 Å². The highest BCUT2D eigenvalue weighted by Crippen LogP contribution is 2.20. The van der Waals surface area contributed by atoms with Crippen LogP contribution in [0.2, 0.25) is 0 Å². The minimum absolute atomic E-state index is 0.310. The van der Waals surface area contributed by atoms with Crippen LogP contribution in [0.1, 0.15) is 12.0 Å². The van der Waals surface area contributed by atoms with Gasteiger partial charge in [-0.1, -0.05) is 22.0 Å². The Morgan fingerprint density at radius 3 is 2.76 bits per heavy atom. The predicted molar refractivity (Wildman–Crippen MR) is 70.6 cm³/mol.